The molecule has 0 fully saturated rings. The molecule has 0 unspecified atom stereocenters. The van der Waals surface area contributed by atoms with E-state index in [1.54, 1.807) is 36.4 Å². The van der Waals surface area contributed by atoms with Crippen LogP contribution in [0.5, 0.6) is 0 Å². The number of rotatable bonds is 6. The number of carbonyl (C=O) groups excluding carboxylic acids is 1. The number of aromatic nitrogens is 1. The summed E-state index contributed by atoms with van der Waals surface area (Å²) in [6, 6.07) is 14.2. The molecule has 0 saturated heterocycles. The molecule has 1 aromatic heterocycles. The van der Waals surface area contributed by atoms with Gasteiger partial charge in [0, 0.05) is 42.0 Å². The largest absolute Gasteiger partial charge is 0.378 e. The monoisotopic (exact) mass is 416 g/mol. The molecule has 0 radical (unpaired) electrons. The van der Waals surface area contributed by atoms with E-state index in [1.165, 1.54) is 11.3 Å². The normalized spacial score (nSPS) is 11.1. The number of benzene rings is 2. The second-order valence-electron chi connectivity index (χ2n) is 6.38. The maximum atomic E-state index is 12.4. The molecule has 0 aliphatic carbocycles. The van der Waals surface area contributed by atoms with Crippen LogP contribution in [0, 0.1) is 0 Å². The average Bonchev–Trinajstić information content (AvgIpc) is 3.09. The Kier molecular flexibility index (Phi) is 5.66. The molecule has 0 atom stereocenters. The molecule has 1 heterocycles. The zero-order valence-corrected chi connectivity index (χ0v) is 17.3. The summed E-state index contributed by atoms with van der Waals surface area (Å²) in [4.78, 5) is 18.8. The van der Waals surface area contributed by atoms with Crippen molar-refractivity contribution < 1.29 is 13.2 Å². The summed E-state index contributed by atoms with van der Waals surface area (Å²) < 4.78 is 24.9. The molecule has 0 bridgehead atoms. The van der Waals surface area contributed by atoms with E-state index in [-0.39, 0.29) is 5.91 Å². The minimum Gasteiger partial charge on any atom is -0.378 e. The lowest BCUT2D eigenvalue weighted by atomic mass is 10.1. The summed E-state index contributed by atoms with van der Waals surface area (Å²) in [7, 11) is 0.569. The first kappa shape index (κ1) is 19.8. The number of hydrogen-bond acceptors (Lipinski definition) is 6. The van der Waals surface area contributed by atoms with Gasteiger partial charge in [-0.05, 0) is 36.4 Å². The van der Waals surface area contributed by atoms with Crippen LogP contribution in [-0.4, -0.2) is 39.7 Å². The number of anilines is 3. The van der Waals surface area contributed by atoms with Gasteiger partial charge in [-0.1, -0.05) is 12.1 Å². The standard InChI is InChI=1S/C19H20N4O3S2/c1-23(2)16-10-6-14(7-11-16)18(24)21-19-20-17(12-27-19)13-4-8-15(9-5-13)22-28(3,25)26/h4-12,22H,1-3H3,(H,20,21,24). The quantitative estimate of drug-likeness (QED) is 0.642. The Hall–Kier alpha value is -2.91. The molecule has 0 spiro atoms. The number of amides is 1. The lowest BCUT2D eigenvalue weighted by Crippen LogP contribution is -2.13. The van der Waals surface area contributed by atoms with Gasteiger partial charge in [0.25, 0.3) is 5.91 Å². The molecule has 146 valence electrons. The SMILES string of the molecule is CN(C)c1ccc(C(=O)Nc2nc(-c3ccc(NS(C)(=O)=O)cc3)cs2)cc1. The second-order valence-corrected chi connectivity index (χ2v) is 8.99. The number of thiazole rings is 1. The molecule has 1 amide bonds. The summed E-state index contributed by atoms with van der Waals surface area (Å²) in [6.45, 7) is 0. The molecule has 2 aromatic carbocycles. The van der Waals surface area contributed by atoms with Crippen LogP contribution in [0.1, 0.15) is 10.4 Å². The van der Waals surface area contributed by atoms with Crippen LogP contribution in [-0.2, 0) is 10.0 Å². The van der Waals surface area contributed by atoms with Crippen LogP contribution in [0.4, 0.5) is 16.5 Å². The maximum Gasteiger partial charge on any atom is 0.257 e. The first-order valence-electron chi connectivity index (χ1n) is 8.34. The highest BCUT2D eigenvalue weighted by Gasteiger charge is 2.11. The fourth-order valence-electron chi connectivity index (χ4n) is 2.47. The Morgan fingerprint density at radius 3 is 2.25 bits per heavy atom. The number of carbonyl (C=O) groups is 1. The lowest BCUT2D eigenvalue weighted by Gasteiger charge is -2.12. The van der Waals surface area contributed by atoms with E-state index >= 15 is 0 Å². The van der Waals surface area contributed by atoms with Crippen molar-refractivity contribution >= 4 is 43.8 Å². The molecular formula is C19H20N4O3S2. The first-order chi connectivity index (χ1) is 13.2. The predicted octanol–water partition coefficient (Wildman–Crippen LogP) is 3.50. The highest BCUT2D eigenvalue weighted by Crippen LogP contribution is 2.26. The Labute approximate surface area is 168 Å². The van der Waals surface area contributed by atoms with Gasteiger partial charge in [0.1, 0.15) is 0 Å². The van der Waals surface area contributed by atoms with E-state index < -0.39 is 10.0 Å². The van der Waals surface area contributed by atoms with Crippen LogP contribution in [0.15, 0.2) is 53.9 Å². The van der Waals surface area contributed by atoms with E-state index in [1.807, 2.05) is 36.5 Å². The van der Waals surface area contributed by atoms with Gasteiger partial charge in [0.2, 0.25) is 10.0 Å². The Morgan fingerprint density at radius 1 is 1.04 bits per heavy atom. The highest BCUT2D eigenvalue weighted by atomic mass is 32.2. The van der Waals surface area contributed by atoms with Crippen molar-refractivity contribution in [2.45, 2.75) is 0 Å². The molecule has 0 aliphatic rings. The molecule has 28 heavy (non-hydrogen) atoms. The van der Waals surface area contributed by atoms with E-state index in [4.69, 9.17) is 0 Å². The number of nitrogens with zero attached hydrogens (tertiary/aromatic N) is 2. The molecule has 9 heteroatoms. The Balaban J connectivity index is 1.69. The highest BCUT2D eigenvalue weighted by molar-refractivity contribution is 7.92. The molecule has 7 nitrogen and oxygen atoms in total. The number of nitrogens with one attached hydrogen (secondary N) is 2. The van der Waals surface area contributed by atoms with Gasteiger partial charge in [-0.2, -0.15) is 0 Å². The van der Waals surface area contributed by atoms with Gasteiger partial charge in [-0.25, -0.2) is 13.4 Å². The zero-order chi connectivity index (χ0) is 20.3. The smallest absolute Gasteiger partial charge is 0.257 e. The fourth-order valence-corrected chi connectivity index (χ4v) is 3.75. The fraction of sp³-hybridized carbons (Fsp3) is 0.158. The van der Waals surface area contributed by atoms with Crippen molar-refractivity contribution in [2.75, 3.05) is 35.3 Å². The summed E-state index contributed by atoms with van der Waals surface area (Å²) in [6.07, 6.45) is 1.10. The van der Waals surface area contributed by atoms with Crippen LogP contribution in [0.25, 0.3) is 11.3 Å². The molecule has 3 aromatic rings. The Morgan fingerprint density at radius 2 is 1.68 bits per heavy atom. The van der Waals surface area contributed by atoms with E-state index in [0.717, 1.165) is 17.5 Å². The summed E-state index contributed by atoms with van der Waals surface area (Å²) in [5, 5.41) is 5.14. The molecular weight excluding hydrogens is 396 g/mol. The lowest BCUT2D eigenvalue weighted by molar-refractivity contribution is 0.102. The third-order valence-corrected chi connectivity index (χ3v) is 5.22. The van der Waals surface area contributed by atoms with Crippen molar-refractivity contribution in [3.05, 3.63) is 59.5 Å². The zero-order valence-electron chi connectivity index (χ0n) is 15.6. The van der Waals surface area contributed by atoms with Crippen LogP contribution in [0.2, 0.25) is 0 Å². The van der Waals surface area contributed by atoms with Crippen molar-refractivity contribution in [3.63, 3.8) is 0 Å². The van der Waals surface area contributed by atoms with Crippen LogP contribution in [0.3, 0.4) is 0 Å². The predicted molar refractivity (Wildman–Crippen MR) is 115 cm³/mol. The van der Waals surface area contributed by atoms with Gasteiger partial charge in [0.15, 0.2) is 5.13 Å². The number of hydrogen-bond donors (Lipinski definition) is 2. The van der Waals surface area contributed by atoms with Crippen molar-refractivity contribution in [1.82, 2.24) is 4.98 Å². The van der Waals surface area contributed by atoms with E-state index in [2.05, 4.69) is 15.0 Å². The van der Waals surface area contributed by atoms with Gasteiger partial charge < -0.3 is 4.90 Å². The minimum atomic E-state index is -3.31. The third-order valence-electron chi connectivity index (χ3n) is 3.85. The van der Waals surface area contributed by atoms with E-state index in [9.17, 15) is 13.2 Å². The molecule has 0 saturated carbocycles. The molecule has 0 aliphatic heterocycles. The topological polar surface area (TPSA) is 91.4 Å². The summed E-state index contributed by atoms with van der Waals surface area (Å²) >= 11 is 1.33. The number of sulfonamides is 1. The van der Waals surface area contributed by atoms with Gasteiger partial charge >= 0.3 is 0 Å². The molecule has 3 rings (SSSR count). The van der Waals surface area contributed by atoms with Gasteiger partial charge in [-0.15, -0.1) is 11.3 Å². The van der Waals surface area contributed by atoms with Gasteiger partial charge in [0.05, 0.1) is 11.9 Å². The average molecular weight is 417 g/mol. The van der Waals surface area contributed by atoms with Crippen molar-refractivity contribution in [3.8, 4) is 11.3 Å². The second kappa shape index (κ2) is 7.99. The van der Waals surface area contributed by atoms with Crippen molar-refractivity contribution in [2.24, 2.45) is 0 Å². The Bertz CT molecular complexity index is 1070. The first-order valence-corrected chi connectivity index (χ1v) is 11.1. The summed E-state index contributed by atoms with van der Waals surface area (Å²) in [5.41, 5.74) is 3.58. The summed E-state index contributed by atoms with van der Waals surface area (Å²) in [5.74, 6) is -0.223. The van der Waals surface area contributed by atoms with Crippen LogP contribution >= 0.6 is 11.3 Å². The minimum absolute atomic E-state index is 0.223. The van der Waals surface area contributed by atoms with Gasteiger partial charge in [-0.3, -0.25) is 14.8 Å². The van der Waals surface area contributed by atoms with Crippen molar-refractivity contribution in [1.29, 1.82) is 0 Å². The molecule has 2 N–H and O–H groups in total. The third kappa shape index (κ3) is 5.08. The maximum absolute atomic E-state index is 12.4. The van der Waals surface area contributed by atoms with E-state index in [0.29, 0.717) is 22.1 Å². The van der Waals surface area contributed by atoms with Crippen LogP contribution < -0.4 is 14.9 Å².